The van der Waals surface area contributed by atoms with E-state index in [9.17, 15) is 12.3 Å². The van der Waals surface area contributed by atoms with Crippen LogP contribution in [-0.4, -0.2) is 36.0 Å². The summed E-state index contributed by atoms with van der Waals surface area (Å²) in [4.78, 5) is 0. The van der Waals surface area contributed by atoms with Gasteiger partial charge in [0.2, 0.25) is 0 Å². The molecule has 0 N–H and O–H groups in total. The number of methoxy groups -OCH3 is 3. The minimum absolute atomic E-state index is 0.196. The van der Waals surface area contributed by atoms with Gasteiger partial charge in [0.25, 0.3) is 0 Å². The van der Waals surface area contributed by atoms with E-state index in [0.717, 1.165) is 6.21 Å². The Bertz CT molecular complexity index is 530. The fraction of sp³-hybridized carbons (Fsp3) is 0.300. The van der Waals surface area contributed by atoms with Crippen LogP contribution < -0.4 is 14.2 Å². The lowest BCUT2D eigenvalue weighted by atomic mass is 10.2. The van der Waals surface area contributed by atoms with E-state index < -0.39 is 10.4 Å². The van der Waals surface area contributed by atoms with Crippen LogP contribution in [-0.2, 0) is 10.4 Å². The molecule has 100 valence electrons. The van der Waals surface area contributed by atoms with E-state index in [4.69, 9.17) is 14.2 Å². The van der Waals surface area contributed by atoms with Gasteiger partial charge in [0.05, 0.1) is 33.1 Å². The lowest BCUT2D eigenvalue weighted by molar-refractivity contribution is 0.374. The average Bonchev–Trinajstić information content (AvgIpc) is 2.34. The van der Waals surface area contributed by atoms with Crippen LogP contribution in [0.5, 0.6) is 17.2 Å². The molecule has 0 saturated carbocycles. The van der Waals surface area contributed by atoms with E-state index in [-0.39, 0.29) is 17.1 Å². The van der Waals surface area contributed by atoms with E-state index >= 15 is 0 Å². The molecule has 0 atom stereocenters. The van der Waals surface area contributed by atoms with Crippen LogP contribution in [0.1, 0.15) is 5.56 Å². The maximum absolute atomic E-state index is 12.4. The molecule has 0 radical (unpaired) electrons. The molecule has 1 rings (SSSR count). The van der Waals surface area contributed by atoms with Gasteiger partial charge in [-0.3, -0.25) is 0 Å². The number of hydrogen-bond acceptors (Lipinski definition) is 5. The minimum atomic E-state index is -4.96. The molecule has 0 aliphatic carbocycles. The highest BCUT2D eigenvalue weighted by molar-refractivity contribution is 7.85. The van der Waals surface area contributed by atoms with Crippen LogP contribution in [0.4, 0.5) is 3.89 Å². The quantitative estimate of drug-likeness (QED) is 0.600. The molecule has 1 aromatic rings. The highest BCUT2D eigenvalue weighted by Crippen LogP contribution is 2.32. The number of rotatable bonds is 5. The number of ether oxygens (including phenoxy) is 3. The predicted octanol–water partition coefficient (Wildman–Crippen LogP) is 1.35. The van der Waals surface area contributed by atoms with Crippen LogP contribution >= 0.6 is 0 Å². The Morgan fingerprint density at radius 3 is 1.94 bits per heavy atom. The number of benzene rings is 1. The normalized spacial score (nSPS) is 11.6. The molecule has 0 aliphatic heterocycles. The summed E-state index contributed by atoms with van der Waals surface area (Å²) in [6, 6.07) is 2.99. The molecule has 0 fully saturated rings. The Hall–Kier alpha value is -1.83. The molecule has 0 aromatic heterocycles. The van der Waals surface area contributed by atoms with Crippen molar-refractivity contribution in [2.45, 2.75) is 0 Å². The Labute approximate surface area is 104 Å². The second kappa shape index (κ2) is 5.67. The molecule has 1 aromatic carbocycles. The van der Waals surface area contributed by atoms with Gasteiger partial charge in [-0.25, -0.2) is 0 Å². The topological polar surface area (TPSA) is 74.2 Å². The maximum atomic E-state index is 12.4. The van der Waals surface area contributed by atoms with Gasteiger partial charge in [0.1, 0.15) is 17.2 Å². The zero-order chi connectivity index (χ0) is 13.8. The standard InChI is InChI=1S/C10H12FNO5S/c1-15-7-4-9(16-2)8(10(5-7)17-3)6-12-18(11,13)14/h4-6H,1-3H3/b12-6+. The Balaban J connectivity index is 3.36. The van der Waals surface area contributed by atoms with E-state index in [1.54, 1.807) is 0 Å². The minimum Gasteiger partial charge on any atom is -0.496 e. The van der Waals surface area contributed by atoms with Crippen molar-refractivity contribution in [2.24, 2.45) is 4.40 Å². The smallest absolute Gasteiger partial charge is 0.417 e. The van der Waals surface area contributed by atoms with Crippen molar-refractivity contribution in [3.05, 3.63) is 17.7 Å². The van der Waals surface area contributed by atoms with Gasteiger partial charge in [0, 0.05) is 12.1 Å². The zero-order valence-electron chi connectivity index (χ0n) is 10.0. The van der Waals surface area contributed by atoms with Gasteiger partial charge in [0.15, 0.2) is 0 Å². The first-order chi connectivity index (χ1) is 8.41. The van der Waals surface area contributed by atoms with Gasteiger partial charge in [-0.1, -0.05) is 3.89 Å². The summed E-state index contributed by atoms with van der Waals surface area (Å²) in [6.07, 6.45) is 0.812. The van der Waals surface area contributed by atoms with Crippen LogP contribution in [0.3, 0.4) is 0 Å². The third kappa shape index (κ3) is 3.59. The number of hydrogen-bond donors (Lipinski definition) is 0. The van der Waals surface area contributed by atoms with Crippen LogP contribution in [0.15, 0.2) is 16.5 Å². The fourth-order valence-corrected chi connectivity index (χ4v) is 1.51. The summed E-state index contributed by atoms with van der Waals surface area (Å²) in [5.74, 6) is 0.946. The van der Waals surface area contributed by atoms with Crippen molar-refractivity contribution in [2.75, 3.05) is 21.3 Å². The molecular weight excluding hydrogens is 265 g/mol. The van der Waals surface area contributed by atoms with Crippen LogP contribution in [0, 0.1) is 0 Å². The highest BCUT2D eigenvalue weighted by atomic mass is 32.3. The van der Waals surface area contributed by atoms with Crippen molar-refractivity contribution in [1.82, 2.24) is 0 Å². The largest absolute Gasteiger partial charge is 0.496 e. The van der Waals surface area contributed by atoms with E-state index in [0.29, 0.717) is 5.75 Å². The molecule has 0 spiro atoms. The van der Waals surface area contributed by atoms with Gasteiger partial charge in [-0.2, -0.15) is 8.42 Å². The van der Waals surface area contributed by atoms with Crippen LogP contribution in [0.2, 0.25) is 0 Å². The summed E-state index contributed by atoms with van der Waals surface area (Å²) < 4.78 is 50.9. The second-order valence-corrected chi connectivity index (χ2v) is 4.13. The molecular formula is C10H12FNO5S. The third-order valence-electron chi connectivity index (χ3n) is 2.06. The first kappa shape index (κ1) is 14.2. The van der Waals surface area contributed by atoms with Gasteiger partial charge < -0.3 is 14.2 Å². The van der Waals surface area contributed by atoms with Crippen molar-refractivity contribution >= 4 is 16.6 Å². The molecule has 18 heavy (non-hydrogen) atoms. The molecule has 6 nitrogen and oxygen atoms in total. The number of nitrogens with zero attached hydrogens (tertiary/aromatic N) is 1. The summed E-state index contributed by atoms with van der Waals surface area (Å²) in [5, 5.41) is 0. The Kier molecular flexibility index (Phi) is 4.49. The molecule has 0 heterocycles. The summed E-state index contributed by atoms with van der Waals surface area (Å²) >= 11 is 0. The van der Waals surface area contributed by atoms with Gasteiger partial charge >= 0.3 is 10.4 Å². The lowest BCUT2D eigenvalue weighted by Crippen LogP contribution is -1.98. The molecule has 0 bridgehead atoms. The maximum Gasteiger partial charge on any atom is 0.417 e. The van der Waals surface area contributed by atoms with Crippen molar-refractivity contribution < 1.29 is 26.5 Å². The van der Waals surface area contributed by atoms with Crippen LogP contribution in [0.25, 0.3) is 0 Å². The predicted molar refractivity (Wildman–Crippen MR) is 63.7 cm³/mol. The van der Waals surface area contributed by atoms with Crippen molar-refractivity contribution in [3.63, 3.8) is 0 Å². The summed E-state index contributed by atoms with van der Waals surface area (Å²) in [6.45, 7) is 0. The molecule has 8 heteroatoms. The lowest BCUT2D eigenvalue weighted by Gasteiger charge is -2.11. The third-order valence-corrected chi connectivity index (χ3v) is 2.42. The zero-order valence-corrected chi connectivity index (χ0v) is 10.8. The molecule has 0 amide bonds. The first-order valence-electron chi connectivity index (χ1n) is 4.71. The monoisotopic (exact) mass is 277 g/mol. The summed E-state index contributed by atoms with van der Waals surface area (Å²) in [7, 11) is -0.767. The fourth-order valence-electron chi connectivity index (χ4n) is 1.28. The number of halogens is 1. The highest BCUT2D eigenvalue weighted by Gasteiger charge is 2.12. The Morgan fingerprint density at radius 2 is 1.61 bits per heavy atom. The summed E-state index contributed by atoms with van der Waals surface area (Å²) in [5.41, 5.74) is 0.196. The van der Waals surface area contributed by atoms with Crippen molar-refractivity contribution in [3.8, 4) is 17.2 Å². The van der Waals surface area contributed by atoms with Crippen molar-refractivity contribution in [1.29, 1.82) is 0 Å². The average molecular weight is 277 g/mol. The van der Waals surface area contributed by atoms with Gasteiger partial charge in [-0.05, 0) is 0 Å². The van der Waals surface area contributed by atoms with E-state index in [2.05, 4.69) is 4.40 Å². The molecule has 0 aliphatic rings. The first-order valence-corrected chi connectivity index (χ1v) is 6.05. The van der Waals surface area contributed by atoms with Gasteiger partial charge in [-0.15, -0.1) is 4.40 Å². The molecule has 0 saturated heterocycles. The molecule has 0 unspecified atom stereocenters. The van der Waals surface area contributed by atoms with E-state index in [1.165, 1.54) is 33.5 Å². The van der Waals surface area contributed by atoms with E-state index in [1.807, 2.05) is 0 Å². The second-order valence-electron chi connectivity index (χ2n) is 3.09. The Morgan fingerprint density at radius 1 is 1.11 bits per heavy atom. The SMILES string of the molecule is COc1cc(OC)c(/C=N/S(=O)(=O)F)c(OC)c1.